The smallest absolute Gasteiger partial charge is 0.251 e. The molecule has 2 fully saturated rings. The molecule has 0 aromatic carbocycles. The van der Waals surface area contributed by atoms with Crippen molar-refractivity contribution in [1.82, 2.24) is 15.2 Å². The normalized spacial score (nSPS) is 25.9. The molecule has 25 heavy (non-hydrogen) atoms. The second kappa shape index (κ2) is 7.23. The highest BCUT2D eigenvalue weighted by Gasteiger charge is 2.43. The SMILES string of the molecule is Cc1ccsc1CN1C[C@@H]2[C@@H](CNC(=O)c3ccncc3)CO[C@@H]2C1. The molecular weight excluding hydrogens is 334 g/mol. The zero-order valence-corrected chi connectivity index (χ0v) is 15.2. The van der Waals surface area contributed by atoms with Crippen LogP contribution in [0.25, 0.3) is 0 Å². The molecular formula is C19H23N3O2S. The zero-order valence-electron chi connectivity index (χ0n) is 14.4. The molecule has 0 bridgehead atoms. The molecule has 1 N–H and O–H groups in total. The van der Waals surface area contributed by atoms with Crippen LogP contribution in [0.5, 0.6) is 0 Å². The molecule has 0 radical (unpaired) electrons. The molecule has 3 atom stereocenters. The largest absolute Gasteiger partial charge is 0.376 e. The van der Waals surface area contributed by atoms with E-state index < -0.39 is 0 Å². The Hall–Kier alpha value is -1.76. The van der Waals surface area contributed by atoms with Gasteiger partial charge in [0, 0.05) is 60.8 Å². The number of aromatic nitrogens is 1. The highest BCUT2D eigenvalue weighted by Crippen LogP contribution is 2.34. The molecule has 1 amide bonds. The van der Waals surface area contributed by atoms with E-state index in [1.54, 1.807) is 24.5 Å². The van der Waals surface area contributed by atoms with Crippen molar-refractivity contribution in [2.75, 3.05) is 26.2 Å². The fraction of sp³-hybridized carbons (Fsp3) is 0.474. The maximum atomic E-state index is 12.2. The first kappa shape index (κ1) is 16.7. The fourth-order valence-corrected chi connectivity index (χ4v) is 4.77. The fourth-order valence-electron chi connectivity index (χ4n) is 3.82. The minimum atomic E-state index is -0.0325. The quantitative estimate of drug-likeness (QED) is 0.892. The van der Waals surface area contributed by atoms with Crippen LogP contribution in [-0.2, 0) is 11.3 Å². The van der Waals surface area contributed by atoms with Gasteiger partial charge in [-0.3, -0.25) is 14.7 Å². The van der Waals surface area contributed by atoms with E-state index in [-0.39, 0.29) is 5.91 Å². The highest BCUT2D eigenvalue weighted by molar-refractivity contribution is 7.10. The minimum Gasteiger partial charge on any atom is -0.376 e. The summed E-state index contributed by atoms with van der Waals surface area (Å²) in [5.41, 5.74) is 2.04. The van der Waals surface area contributed by atoms with E-state index in [0.717, 1.165) is 26.2 Å². The Morgan fingerprint density at radius 1 is 1.36 bits per heavy atom. The van der Waals surface area contributed by atoms with Gasteiger partial charge in [0.2, 0.25) is 0 Å². The number of fused-ring (bicyclic) bond motifs is 1. The number of nitrogens with one attached hydrogen (secondary N) is 1. The molecule has 4 heterocycles. The molecule has 2 aromatic heterocycles. The topological polar surface area (TPSA) is 54.5 Å². The standard InChI is InChI=1S/C19H23N3O2S/c1-13-4-7-25-18(13)11-22-9-16-15(12-24-17(16)10-22)8-21-19(23)14-2-5-20-6-3-14/h2-7,15-17H,8-12H2,1H3,(H,21,23)/t15-,16+,17+/m0/s1. The van der Waals surface area contributed by atoms with Crippen LogP contribution in [0.1, 0.15) is 20.8 Å². The van der Waals surface area contributed by atoms with E-state index in [0.29, 0.717) is 30.0 Å². The van der Waals surface area contributed by atoms with Crippen LogP contribution >= 0.6 is 11.3 Å². The highest BCUT2D eigenvalue weighted by atomic mass is 32.1. The molecule has 0 saturated carbocycles. The van der Waals surface area contributed by atoms with Crippen molar-refractivity contribution in [1.29, 1.82) is 0 Å². The Kier molecular flexibility index (Phi) is 4.83. The molecule has 4 rings (SSSR count). The molecule has 2 aromatic rings. The third-order valence-electron chi connectivity index (χ3n) is 5.32. The number of amides is 1. The number of nitrogens with zero attached hydrogens (tertiary/aromatic N) is 2. The van der Waals surface area contributed by atoms with E-state index in [1.165, 1.54) is 10.4 Å². The Morgan fingerprint density at radius 2 is 2.20 bits per heavy atom. The lowest BCUT2D eigenvalue weighted by Gasteiger charge is -2.19. The molecule has 2 aliphatic rings. The molecule has 2 aliphatic heterocycles. The number of hydrogen-bond acceptors (Lipinski definition) is 5. The second-order valence-corrected chi connectivity index (χ2v) is 7.96. The van der Waals surface area contributed by atoms with E-state index in [4.69, 9.17) is 4.74 Å². The summed E-state index contributed by atoms with van der Waals surface area (Å²) in [6.07, 6.45) is 3.60. The number of ether oxygens (including phenoxy) is 1. The summed E-state index contributed by atoms with van der Waals surface area (Å²) in [6, 6.07) is 5.67. The van der Waals surface area contributed by atoms with Gasteiger partial charge in [-0.1, -0.05) is 0 Å². The van der Waals surface area contributed by atoms with Crippen LogP contribution in [0.15, 0.2) is 36.0 Å². The van der Waals surface area contributed by atoms with Gasteiger partial charge in [0.15, 0.2) is 0 Å². The first-order valence-electron chi connectivity index (χ1n) is 8.76. The van der Waals surface area contributed by atoms with E-state index in [9.17, 15) is 4.79 Å². The predicted molar refractivity (Wildman–Crippen MR) is 97.6 cm³/mol. The third kappa shape index (κ3) is 3.61. The number of carbonyl (C=O) groups excluding carboxylic acids is 1. The van der Waals surface area contributed by atoms with Gasteiger partial charge in [0.25, 0.3) is 5.91 Å². The van der Waals surface area contributed by atoms with Crippen LogP contribution in [0.3, 0.4) is 0 Å². The Labute approximate surface area is 152 Å². The summed E-state index contributed by atoms with van der Waals surface area (Å²) in [5, 5.41) is 5.22. The third-order valence-corrected chi connectivity index (χ3v) is 6.33. The number of rotatable bonds is 5. The molecule has 132 valence electrons. The lowest BCUT2D eigenvalue weighted by Crippen LogP contribution is -2.34. The van der Waals surface area contributed by atoms with Crippen molar-refractivity contribution in [3.05, 3.63) is 52.0 Å². The molecule has 0 spiro atoms. The van der Waals surface area contributed by atoms with E-state index >= 15 is 0 Å². The molecule has 0 unspecified atom stereocenters. The summed E-state index contributed by atoms with van der Waals surface area (Å²) in [5.74, 6) is 0.873. The number of hydrogen-bond donors (Lipinski definition) is 1. The minimum absolute atomic E-state index is 0.0325. The van der Waals surface area contributed by atoms with Gasteiger partial charge in [-0.05, 0) is 36.1 Å². The van der Waals surface area contributed by atoms with Crippen LogP contribution in [0.2, 0.25) is 0 Å². The monoisotopic (exact) mass is 357 g/mol. The van der Waals surface area contributed by atoms with E-state index in [2.05, 4.69) is 33.6 Å². The average Bonchev–Trinajstić information content (AvgIpc) is 3.31. The van der Waals surface area contributed by atoms with Gasteiger partial charge in [0.1, 0.15) is 0 Å². The van der Waals surface area contributed by atoms with Crippen LogP contribution in [-0.4, -0.2) is 48.1 Å². The second-order valence-electron chi connectivity index (χ2n) is 6.96. The predicted octanol–water partition coefficient (Wildman–Crippen LogP) is 2.33. The Bertz CT molecular complexity index is 733. The van der Waals surface area contributed by atoms with Crippen molar-refractivity contribution in [3.8, 4) is 0 Å². The van der Waals surface area contributed by atoms with E-state index in [1.807, 2.05) is 11.3 Å². The Balaban J connectivity index is 1.31. The van der Waals surface area contributed by atoms with Gasteiger partial charge < -0.3 is 10.1 Å². The summed E-state index contributed by atoms with van der Waals surface area (Å²) in [4.78, 5) is 20.1. The molecule has 2 saturated heterocycles. The van der Waals surface area contributed by atoms with Gasteiger partial charge >= 0.3 is 0 Å². The van der Waals surface area contributed by atoms with Gasteiger partial charge in [-0.15, -0.1) is 11.3 Å². The summed E-state index contributed by atoms with van der Waals surface area (Å²) in [6.45, 7) is 6.66. The number of thiophene rings is 1. The number of likely N-dealkylation sites (tertiary alicyclic amines) is 1. The van der Waals surface area contributed by atoms with Crippen LogP contribution in [0.4, 0.5) is 0 Å². The molecule has 5 nitrogen and oxygen atoms in total. The van der Waals surface area contributed by atoms with Crippen molar-refractivity contribution >= 4 is 17.2 Å². The molecule has 6 heteroatoms. The number of carbonyl (C=O) groups is 1. The number of pyridine rings is 1. The molecule has 0 aliphatic carbocycles. The van der Waals surface area contributed by atoms with Crippen molar-refractivity contribution < 1.29 is 9.53 Å². The first-order valence-corrected chi connectivity index (χ1v) is 9.64. The zero-order chi connectivity index (χ0) is 17.2. The maximum absolute atomic E-state index is 12.2. The van der Waals surface area contributed by atoms with Crippen LogP contribution in [0, 0.1) is 18.8 Å². The van der Waals surface area contributed by atoms with Crippen molar-refractivity contribution in [3.63, 3.8) is 0 Å². The summed E-state index contributed by atoms with van der Waals surface area (Å²) in [7, 11) is 0. The van der Waals surface area contributed by atoms with Crippen molar-refractivity contribution in [2.24, 2.45) is 11.8 Å². The van der Waals surface area contributed by atoms with Gasteiger partial charge in [-0.25, -0.2) is 0 Å². The van der Waals surface area contributed by atoms with Crippen molar-refractivity contribution in [2.45, 2.75) is 19.6 Å². The van der Waals surface area contributed by atoms with Gasteiger partial charge in [0.05, 0.1) is 12.7 Å². The average molecular weight is 357 g/mol. The van der Waals surface area contributed by atoms with Crippen LogP contribution < -0.4 is 5.32 Å². The van der Waals surface area contributed by atoms with Gasteiger partial charge in [-0.2, -0.15) is 0 Å². The first-order chi connectivity index (χ1) is 12.2. The number of aryl methyl sites for hydroxylation is 1. The Morgan fingerprint density at radius 3 is 2.96 bits per heavy atom. The lowest BCUT2D eigenvalue weighted by atomic mass is 9.93. The summed E-state index contributed by atoms with van der Waals surface area (Å²) < 4.78 is 6.01. The lowest BCUT2D eigenvalue weighted by molar-refractivity contribution is 0.0904. The summed E-state index contributed by atoms with van der Waals surface area (Å²) >= 11 is 1.83. The maximum Gasteiger partial charge on any atom is 0.251 e.